The van der Waals surface area contributed by atoms with E-state index in [4.69, 9.17) is 16.3 Å². The van der Waals surface area contributed by atoms with Gasteiger partial charge in [-0.15, -0.1) is 11.3 Å². The number of hydrogen-bond donors (Lipinski definition) is 0. The second-order valence-corrected chi connectivity index (χ2v) is 8.79. The summed E-state index contributed by atoms with van der Waals surface area (Å²) in [7, 11) is -3.52. The van der Waals surface area contributed by atoms with Crippen molar-refractivity contribution in [2.45, 2.75) is 23.8 Å². The third-order valence-electron chi connectivity index (χ3n) is 3.52. The Morgan fingerprint density at radius 2 is 2.32 bits per heavy atom. The Balaban J connectivity index is 1.80. The first kappa shape index (κ1) is 15.9. The molecule has 0 unspecified atom stereocenters. The quantitative estimate of drug-likeness (QED) is 0.838. The normalized spacial score (nSPS) is 20.4. The van der Waals surface area contributed by atoms with Gasteiger partial charge >= 0.3 is 0 Å². The summed E-state index contributed by atoms with van der Waals surface area (Å²) in [5.41, 5.74) is 0.894. The zero-order valence-corrected chi connectivity index (χ0v) is 14.4. The molecule has 1 fully saturated rings. The van der Waals surface area contributed by atoms with Gasteiger partial charge in [-0.2, -0.15) is 9.40 Å². The smallest absolute Gasteiger partial charge is 0.252 e. The summed E-state index contributed by atoms with van der Waals surface area (Å²) in [6.07, 6.45) is 3.33. The van der Waals surface area contributed by atoms with Crippen LogP contribution in [0.4, 0.5) is 0 Å². The second kappa shape index (κ2) is 6.29. The Hall–Kier alpha value is -0.930. The van der Waals surface area contributed by atoms with Gasteiger partial charge < -0.3 is 4.74 Å². The molecule has 9 heteroatoms. The SMILES string of the molecule is CCn1cc([C@@H]2CN(S(=O)(=O)c3ccc(Cl)s3)CCO2)cn1. The lowest BCUT2D eigenvalue weighted by Crippen LogP contribution is -2.41. The fourth-order valence-electron chi connectivity index (χ4n) is 2.33. The first-order valence-electron chi connectivity index (χ1n) is 6.90. The van der Waals surface area contributed by atoms with Gasteiger partial charge in [0.15, 0.2) is 0 Å². The summed E-state index contributed by atoms with van der Waals surface area (Å²) in [4.78, 5) is 0. The van der Waals surface area contributed by atoms with Crippen molar-refractivity contribution in [2.24, 2.45) is 0 Å². The number of thiophene rings is 1. The van der Waals surface area contributed by atoms with Crippen LogP contribution in [0.5, 0.6) is 0 Å². The van der Waals surface area contributed by atoms with Gasteiger partial charge in [-0.1, -0.05) is 11.6 Å². The highest BCUT2D eigenvalue weighted by Gasteiger charge is 2.32. The summed E-state index contributed by atoms with van der Waals surface area (Å²) in [6, 6.07) is 3.14. The van der Waals surface area contributed by atoms with Gasteiger partial charge in [-0.25, -0.2) is 8.42 Å². The number of rotatable bonds is 4. The minimum atomic E-state index is -3.52. The summed E-state index contributed by atoms with van der Waals surface area (Å²) in [5.74, 6) is 0. The third kappa shape index (κ3) is 3.07. The fraction of sp³-hybridized carbons (Fsp3) is 0.462. The number of sulfonamides is 1. The fourth-order valence-corrected chi connectivity index (χ4v) is 5.39. The van der Waals surface area contributed by atoms with Crippen LogP contribution in [0.25, 0.3) is 0 Å². The van der Waals surface area contributed by atoms with Crippen molar-refractivity contribution in [1.29, 1.82) is 0 Å². The largest absolute Gasteiger partial charge is 0.371 e. The highest BCUT2D eigenvalue weighted by molar-refractivity contribution is 7.91. The Bertz CT molecular complexity index is 756. The minimum absolute atomic E-state index is 0.266. The van der Waals surface area contributed by atoms with Gasteiger partial charge in [0.25, 0.3) is 10.0 Å². The molecule has 0 aliphatic carbocycles. The molecule has 1 saturated heterocycles. The second-order valence-electron chi connectivity index (χ2n) is 4.91. The van der Waals surface area contributed by atoms with E-state index in [0.717, 1.165) is 23.4 Å². The maximum absolute atomic E-state index is 12.6. The molecule has 3 rings (SSSR count). The molecule has 0 aromatic carbocycles. The first-order chi connectivity index (χ1) is 10.5. The van der Waals surface area contributed by atoms with E-state index in [-0.39, 0.29) is 16.9 Å². The maximum Gasteiger partial charge on any atom is 0.252 e. The third-order valence-corrected chi connectivity index (χ3v) is 7.08. The molecule has 0 saturated carbocycles. The van der Waals surface area contributed by atoms with Crippen molar-refractivity contribution in [1.82, 2.24) is 14.1 Å². The Morgan fingerprint density at radius 3 is 2.95 bits per heavy atom. The standard InChI is InChI=1S/C13H16ClN3O3S2/c1-2-16-8-10(7-15-16)11-9-17(5-6-20-11)22(18,19)13-4-3-12(14)21-13/h3-4,7-8,11H,2,5-6,9H2,1H3/t11-/m0/s1. The van der Waals surface area contributed by atoms with Crippen molar-refractivity contribution in [3.8, 4) is 0 Å². The summed E-state index contributed by atoms with van der Waals surface area (Å²) in [6.45, 7) is 3.75. The average Bonchev–Trinajstić information content (AvgIpc) is 3.16. The number of aromatic nitrogens is 2. The van der Waals surface area contributed by atoms with Gasteiger partial charge in [0.2, 0.25) is 0 Å². The number of hydrogen-bond acceptors (Lipinski definition) is 5. The van der Waals surface area contributed by atoms with Crippen LogP contribution in [0.3, 0.4) is 0 Å². The minimum Gasteiger partial charge on any atom is -0.371 e. The molecule has 0 amide bonds. The molecule has 0 bridgehead atoms. The summed E-state index contributed by atoms with van der Waals surface area (Å²) >= 11 is 6.92. The van der Waals surface area contributed by atoms with Crippen molar-refractivity contribution < 1.29 is 13.2 Å². The van der Waals surface area contributed by atoms with Crippen molar-refractivity contribution in [3.63, 3.8) is 0 Å². The van der Waals surface area contributed by atoms with E-state index >= 15 is 0 Å². The molecule has 6 nitrogen and oxygen atoms in total. The van der Waals surface area contributed by atoms with E-state index in [0.29, 0.717) is 17.5 Å². The van der Waals surface area contributed by atoms with Crippen LogP contribution in [-0.4, -0.2) is 42.2 Å². The predicted molar refractivity (Wildman–Crippen MR) is 84.7 cm³/mol. The van der Waals surface area contributed by atoms with E-state index < -0.39 is 10.0 Å². The van der Waals surface area contributed by atoms with Gasteiger partial charge in [0.05, 0.1) is 23.2 Å². The van der Waals surface area contributed by atoms with Crippen LogP contribution in [-0.2, 0) is 21.3 Å². The van der Waals surface area contributed by atoms with Crippen molar-refractivity contribution in [3.05, 3.63) is 34.4 Å². The number of ether oxygens (including phenoxy) is 1. The van der Waals surface area contributed by atoms with Crippen LogP contribution >= 0.6 is 22.9 Å². The van der Waals surface area contributed by atoms with Crippen LogP contribution in [0.15, 0.2) is 28.7 Å². The first-order valence-corrected chi connectivity index (χ1v) is 9.53. The highest BCUT2D eigenvalue weighted by atomic mass is 35.5. The number of halogens is 1. The van der Waals surface area contributed by atoms with Crippen LogP contribution < -0.4 is 0 Å². The zero-order valence-electron chi connectivity index (χ0n) is 12.0. The van der Waals surface area contributed by atoms with E-state index in [9.17, 15) is 8.42 Å². The van der Waals surface area contributed by atoms with Gasteiger partial charge in [0, 0.05) is 31.4 Å². The van der Waals surface area contributed by atoms with Crippen molar-refractivity contribution in [2.75, 3.05) is 19.7 Å². The Labute approximate surface area is 138 Å². The van der Waals surface area contributed by atoms with Gasteiger partial charge in [0.1, 0.15) is 4.21 Å². The summed E-state index contributed by atoms with van der Waals surface area (Å²) in [5, 5.41) is 4.21. The van der Waals surface area contributed by atoms with E-state index in [1.807, 2.05) is 13.1 Å². The highest BCUT2D eigenvalue weighted by Crippen LogP contribution is 2.31. The lowest BCUT2D eigenvalue weighted by Gasteiger charge is -2.31. The maximum atomic E-state index is 12.6. The van der Waals surface area contributed by atoms with E-state index in [1.165, 1.54) is 4.31 Å². The molecular formula is C13H16ClN3O3S2. The molecule has 0 radical (unpaired) electrons. The molecule has 1 aliphatic heterocycles. The molecular weight excluding hydrogens is 346 g/mol. The molecule has 2 aromatic rings. The van der Waals surface area contributed by atoms with E-state index in [2.05, 4.69) is 5.10 Å². The Kier molecular flexibility index (Phi) is 4.56. The van der Waals surface area contributed by atoms with Gasteiger partial charge in [-0.3, -0.25) is 4.68 Å². The average molecular weight is 362 g/mol. The lowest BCUT2D eigenvalue weighted by molar-refractivity contribution is -0.00254. The number of nitrogens with zero attached hydrogens (tertiary/aromatic N) is 3. The van der Waals surface area contributed by atoms with Gasteiger partial charge in [-0.05, 0) is 19.1 Å². The molecule has 0 N–H and O–H groups in total. The molecule has 1 aliphatic rings. The number of morpholine rings is 1. The Morgan fingerprint density at radius 1 is 1.50 bits per heavy atom. The van der Waals surface area contributed by atoms with Crippen LogP contribution in [0.1, 0.15) is 18.6 Å². The van der Waals surface area contributed by atoms with E-state index in [1.54, 1.807) is 23.0 Å². The topological polar surface area (TPSA) is 64.4 Å². The zero-order chi connectivity index (χ0) is 15.7. The van der Waals surface area contributed by atoms with Crippen LogP contribution in [0.2, 0.25) is 4.34 Å². The molecule has 120 valence electrons. The lowest BCUT2D eigenvalue weighted by atomic mass is 10.2. The molecule has 2 aromatic heterocycles. The molecule has 3 heterocycles. The molecule has 0 spiro atoms. The molecule has 1 atom stereocenters. The van der Waals surface area contributed by atoms with Crippen molar-refractivity contribution >= 4 is 33.0 Å². The predicted octanol–water partition coefficient (Wildman–Crippen LogP) is 2.38. The molecule has 22 heavy (non-hydrogen) atoms. The van der Waals surface area contributed by atoms with Crippen LogP contribution in [0, 0.1) is 0 Å². The summed E-state index contributed by atoms with van der Waals surface area (Å²) < 4.78 is 35.0. The number of aryl methyl sites for hydroxylation is 1. The monoisotopic (exact) mass is 361 g/mol.